The predicted molar refractivity (Wildman–Crippen MR) is 76.3 cm³/mol. The zero-order valence-electron chi connectivity index (χ0n) is 10.3. The molecular formula is C14H10Cl2FNO2. The Morgan fingerprint density at radius 1 is 1.10 bits per heavy atom. The number of rotatable bonds is 3. The van der Waals surface area contributed by atoms with Crippen molar-refractivity contribution >= 4 is 28.9 Å². The third-order valence-corrected chi connectivity index (χ3v) is 3.49. The second kappa shape index (κ2) is 5.38. The highest BCUT2D eigenvalue weighted by molar-refractivity contribution is 6.33. The van der Waals surface area contributed by atoms with E-state index < -0.39 is 0 Å². The number of nitrogens with one attached hydrogen (secondary N) is 1. The van der Waals surface area contributed by atoms with Crippen LogP contribution in [-0.4, -0.2) is 6.79 Å². The van der Waals surface area contributed by atoms with Gasteiger partial charge in [-0.1, -0.05) is 23.2 Å². The summed E-state index contributed by atoms with van der Waals surface area (Å²) in [4.78, 5) is 0. The van der Waals surface area contributed by atoms with Crippen LogP contribution in [0.4, 0.5) is 10.1 Å². The number of halogens is 3. The molecule has 20 heavy (non-hydrogen) atoms. The predicted octanol–water partition coefficient (Wildman–Crippen LogP) is 4.47. The Labute approximate surface area is 125 Å². The summed E-state index contributed by atoms with van der Waals surface area (Å²) in [5.41, 5.74) is 1.11. The quantitative estimate of drug-likeness (QED) is 0.906. The first-order chi connectivity index (χ1) is 9.63. The third kappa shape index (κ3) is 2.62. The second-order valence-corrected chi connectivity index (χ2v) is 5.12. The maximum atomic E-state index is 13.6. The highest BCUT2D eigenvalue weighted by Crippen LogP contribution is 2.39. The van der Waals surface area contributed by atoms with Crippen LogP contribution in [0.5, 0.6) is 11.5 Å². The first-order valence-corrected chi connectivity index (χ1v) is 6.66. The Morgan fingerprint density at radius 3 is 2.65 bits per heavy atom. The molecule has 3 rings (SSSR count). The SMILES string of the molecule is Fc1ccc(Cl)cc1CNc1cc2c(cc1Cl)OCO2. The van der Waals surface area contributed by atoms with Crippen LogP contribution < -0.4 is 14.8 Å². The van der Waals surface area contributed by atoms with Crippen molar-refractivity contribution < 1.29 is 13.9 Å². The summed E-state index contributed by atoms with van der Waals surface area (Å²) in [7, 11) is 0. The number of hydrogen-bond donors (Lipinski definition) is 1. The van der Waals surface area contributed by atoms with Gasteiger partial charge in [-0.15, -0.1) is 0 Å². The van der Waals surface area contributed by atoms with Crippen LogP contribution in [0.25, 0.3) is 0 Å². The van der Waals surface area contributed by atoms with Gasteiger partial charge in [0.25, 0.3) is 0 Å². The monoisotopic (exact) mass is 313 g/mol. The van der Waals surface area contributed by atoms with Gasteiger partial charge in [0.15, 0.2) is 11.5 Å². The molecule has 1 aliphatic rings. The van der Waals surface area contributed by atoms with Crippen LogP contribution in [0.15, 0.2) is 30.3 Å². The molecule has 0 aromatic heterocycles. The van der Waals surface area contributed by atoms with Crippen molar-refractivity contribution in [2.45, 2.75) is 6.54 Å². The molecule has 2 aromatic carbocycles. The van der Waals surface area contributed by atoms with Crippen LogP contribution in [0.3, 0.4) is 0 Å². The first kappa shape index (κ1) is 13.3. The van der Waals surface area contributed by atoms with Gasteiger partial charge >= 0.3 is 0 Å². The minimum Gasteiger partial charge on any atom is -0.454 e. The van der Waals surface area contributed by atoms with Crippen molar-refractivity contribution in [2.75, 3.05) is 12.1 Å². The lowest BCUT2D eigenvalue weighted by Crippen LogP contribution is -2.02. The molecular weight excluding hydrogens is 304 g/mol. The molecule has 104 valence electrons. The lowest BCUT2D eigenvalue weighted by atomic mass is 10.2. The molecule has 0 amide bonds. The highest BCUT2D eigenvalue weighted by atomic mass is 35.5. The van der Waals surface area contributed by atoms with E-state index in [1.165, 1.54) is 12.1 Å². The van der Waals surface area contributed by atoms with Gasteiger partial charge in [0.1, 0.15) is 5.82 Å². The molecule has 3 nitrogen and oxygen atoms in total. The summed E-state index contributed by atoms with van der Waals surface area (Å²) in [5.74, 6) is 0.900. The molecule has 1 aliphatic heterocycles. The molecule has 2 aromatic rings. The summed E-state index contributed by atoms with van der Waals surface area (Å²) in [6.07, 6.45) is 0. The van der Waals surface area contributed by atoms with E-state index in [1.807, 2.05) is 0 Å². The molecule has 0 aliphatic carbocycles. The highest BCUT2D eigenvalue weighted by Gasteiger charge is 2.16. The van der Waals surface area contributed by atoms with Gasteiger partial charge in [-0.25, -0.2) is 4.39 Å². The van der Waals surface area contributed by atoms with E-state index in [2.05, 4.69) is 5.32 Å². The molecule has 1 heterocycles. The molecule has 0 spiro atoms. The van der Waals surface area contributed by atoms with Gasteiger partial charge in [-0.05, 0) is 18.2 Å². The van der Waals surface area contributed by atoms with E-state index in [0.717, 1.165) is 0 Å². The summed E-state index contributed by atoms with van der Waals surface area (Å²) >= 11 is 12.0. The smallest absolute Gasteiger partial charge is 0.231 e. The van der Waals surface area contributed by atoms with Gasteiger partial charge in [0.2, 0.25) is 6.79 Å². The lowest BCUT2D eigenvalue weighted by molar-refractivity contribution is 0.174. The van der Waals surface area contributed by atoms with Crippen LogP contribution >= 0.6 is 23.2 Å². The van der Waals surface area contributed by atoms with Gasteiger partial charge in [0.05, 0.1) is 10.7 Å². The second-order valence-electron chi connectivity index (χ2n) is 4.27. The minimum atomic E-state index is -0.321. The molecule has 0 atom stereocenters. The van der Waals surface area contributed by atoms with E-state index in [1.54, 1.807) is 18.2 Å². The Morgan fingerprint density at radius 2 is 1.85 bits per heavy atom. The number of anilines is 1. The van der Waals surface area contributed by atoms with Crippen LogP contribution in [0.2, 0.25) is 10.0 Å². The van der Waals surface area contributed by atoms with E-state index in [0.29, 0.717) is 32.8 Å². The van der Waals surface area contributed by atoms with Crippen LogP contribution in [-0.2, 0) is 6.54 Å². The largest absolute Gasteiger partial charge is 0.454 e. The van der Waals surface area contributed by atoms with E-state index in [9.17, 15) is 4.39 Å². The maximum absolute atomic E-state index is 13.6. The van der Waals surface area contributed by atoms with Crippen molar-refractivity contribution in [2.24, 2.45) is 0 Å². The Kier molecular flexibility index (Phi) is 3.59. The molecule has 0 bridgehead atoms. The van der Waals surface area contributed by atoms with Crippen molar-refractivity contribution in [3.05, 3.63) is 51.8 Å². The molecule has 1 N–H and O–H groups in total. The Hall–Kier alpha value is -1.65. The fourth-order valence-electron chi connectivity index (χ4n) is 1.92. The number of ether oxygens (including phenoxy) is 2. The van der Waals surface area contributed by atoms with E-state index in [4.69, 9.17) is 32.7 Å². The molecule has 0 saturated carbocycles. The first-order valence-electron chi connectivity index (χ1n) is 5.90. The summed E-state index contributed by atoms with van der Waals surface area (Å²) in [6.45, 7) is 0.448. The van der Waals surface area contributed by atoms with E-state index in [-0.39, 0.29) is 19.2 Å². The Balaban J connectivity index is 1.80. The summed E-state index contributed by atoms with van der Waals surface area (Å²) < 4.78 is 24.1. The van der Waals surface area contributed by atoms with Gasteiger partial charge in [-0.3, -0.25) is 0 Å². The average Bonchev–Trinajstić information content (AvgIpc) is 2.86. The standard InChI is InChI=1S/C14H10Cl2FNO2/c15-9-1-2-11(17)8(3-9)6-18-12-5-14-13(4-10(12)16)19-7-20-14/h1-5,18H,6-7H2. The average molecular weight is 314 g/mol. The number of benzene rings is 2. The summed E-state index contributed by atoms with van der Waals surface area (Å²) in [6, 6.07) is 7.81. The minimum absolute atomic E-state index is 0.179. The summed E-state index contributed by atoms with van der Waals surface area (Å²) in [5, 5.41) is 4.03. The molecule has 6 heteroatoms. The van der Waals surface area contributed by atoms with Crippen LogP contribution in [0.1, 0.15) is 5.56 Å². The molecule has 0 unspecified atom stereocenters. The normalized spacial score (nSPS) is 12.6. The van der Waals surface area contributed by atoms with Crippen LogP contribution in [0, 0.1) is 5.82 Å². The van der Waals surface area contributed by atoms with Gasteiger partial charge < -0.3 is 14.8 Å². The van der Waals surface area contributed by atoms with Crippen molar-refractivity contribution in [3.63, 3.8) is 0 Å². The molecule has 0 saturated heterocycles. The van der Waals surface area contributed by atoms with Crippen molar-refractivity contribution in [1.29, 1.82) is 0 Å². The number of hydrogen-bond acceptors (Lipinski definition) is 3. The van der Waals surface area contributed by atoms with Gasteiger partial charge in [0, 0.05) is 29.3 Å². The topological polar surface area (TPSA) is 30.5 Å². The Bertz CT molecular complexity index is 664. The zero-order valence-corrected chi connectivity index (χ0v) is 11.8. The number of fused-ring (bicyclic) bond motifs is 1. The maximum Gasteiger partial charge on any atom is 0.231 e. The molecule has 0 fully saturated rings. The van der Waals surface area contributed by atoms with Crippen molar-refractivity contribution in [1.82, 2.24) is 0 Å². The fourth-order valence-corrected chi connectivity index (χ4v) is 2.34. The zero-order chi connectivity index (χ0) is 14.1. The van der Waals surface area contributed by atoms with E-state index >= 15 is 0 Å². The lowest BCUT2D eigenvalue weighted by Gasteiger charge is -2.10. The van der Waals surface area contributed by atoms with Crippen molar-refractivity contribution in [3.8, 4) is 11.5 Å². The van der Waals surface area contributed by atoms with Gasteiger partial charge in [-0.2, -0.15) is 0 Å². The fraction of sp³-hybridized carbons (Fsp3) is 0.143. The third-order valence-electron chi connectivity index (χ3n) is 2.94. The molecule has 0 radical (unpaired) electrons.